The lowest BCUT2D eigenvalue weighted by Crippen LogP contribution is -2.41. The van der Waals surface area contributed by atoms with Gasteiger partial charge in [0.2, 0.25) is 5.91 Å². The Morgan fingerprint density at radius 3 is 2.96 bits per heavy atom. The fourth-order valence-electron chi connectivity index (χ4n) is 3.19. The van der Waals surface area contributed by atoms with Gasteiger partial charge in [0.15, 0.2) is 0 Å². The molecule has 0 bridgehead atoms. The van der Waals surface area contributed by atoms with Gasteiger partial charge in [-0.15, -0.1) is 0 Å². The van der Waals surface area contributed by atoms with Gasteiger partial charge in [-0.25, -0.2) is 4.98 Å². The normalized spacial score (nSPS) is 14.8. The average Bonchev–Trinajstić information content (AvgIpc) is 3.11. The standard InChI is InChI=1S/C20H19N5O2/c21-10-16-12-23-20-18(16)9-15(11-22-20)14-2-1-3-17(8-14)24-19(26)13-25-4-6-27-7-5-25/h1-3,8-9,11-12H,4-7,13H2,(H,22,23)(H,24,26). The summed E-state index contributed by atoms with van der Waals surface area (Å²) in [4.78, 5) is 21.8. The van der Waals surface area contributed by atoms with Crippen LogP contribution < -0.4 is 5.32 Å². The topological polar surface area (TPSA) is 94.0 Å². The molecule has 3 heterocycles. The predicted octanol–water partition coefficient (Wildman–Crippen LogP) is 2.37. The molecule has 7 nitrogen and oxygen atoms in total. The molecule has 4 rings (SSSR count). The van der Waals surface area contributed by atoms with Crippen LogP contribution in [0.1, 0.15) is 5.56 Å². The summed E-state index contributed by atoms with van der Waals surface area (Å²) >= 11 is 0. The van der Waals surface area contributed by atoms with Crippen molar-refractivity contribution in [2.24, 2.45) is 0 Å². The first-order chi connectivity index (χ1) is 13.2. The Kier molecular flexibility index (Phi) is 4.83. The highest BCUT2D eigenvalue weighted by Gasteiger charge is 2.14. The highest BCUT2D eigenvalue weighted by atomic mass is 16.5. The molecule has 2 aromatic heterocycles. The van der Waals surface area contributed by atoms with Gasteiger partial charge >= 0.3 is 0 Å². The lowest BCUT2D eigenvalue weighted by Gasteiger charge is -2.25. The number of nitriles is 1. The largest absolute Gasteiger partial charge is 0.379 e. The molecular formula is C20H19N5O2. The Morgan fingerprint density at radius 2 is 2.15 bits per heavy atom. The minimum Gasteiger partial charge on any atom is -0.379 e. The molecule has 3 aromatic rings. The minimum atomic E-state index is -0.0416. The first-order valence-corrected chi connectivity index (χ1v) is 8.80. The second-order valence-corrected chi connectivity index (χ2v) is 6.45. The fraction of sp³-hybridized carbons (Fsp3) is 0.250. The Morgan fingerprint density at radius 1 is 1.30 bits per heavy atom. The summed E-state index contributed by atoms with van der Waals surface area (Å²) < 4.78 is 5.30. The van der Waals surface area contributed by atoms with Crippen LogP contribution in [0.15, 0.2) is 42.7 Å². The summed E-state index contributed by atoms with van der Waals surface area (Å²) in [5, 5.41) is 12.9. The summed E-state index contributed by atoms with van der Waals surface area (Å²) in [5.74, 6) is -0.0416. The second kappa shape index (κ2) is 7.58. The van der Waals surface area contributed by atoms with Gasteiger partial charge in [0.1, 0.15) is 11.7 Å². The highest BCUT2D eigenvalue weighted by Crippen LogP contribution is 2.26. The predicted molar refractivity (Wildman–Crippen MR) is 102 cm³/mol. The van der Waals surface area contributed by atoms with Crippen molar-refractivity contribution in [3.8, 4) is 17.2 Å². The second-order valence-electron chi connectivity index (χ2n) is 6.45. The van der Waals surface area contributed by atoms with Crippen LogP contribution in [0.25, 0.3) is 22.2 Å². The maximum absolute atomic E-state index is 12.3. The van der Waals surface area contributed by atoms with E-state index in [1.54, 1.807) is 12.4 Å². The van der Waals surface area contributed by atoms with Gasteiger partial charge in [-0.2, -0.15) is 5.26 Å². The lowest BCUT2D eigenvalue weighted by atomic mass is 10.1. The van der Waals surface area contributed by atoms with Crippen molar-refractivity contribution in [3.05, 3.63) is 48.3 Å². The molecule has 0 radical (unpaired) electrons. The molecule has 0 unspecified atom stereocenters. The number of amides is 1. The zero-order valence-electron chi connectivity index (χ0n) is 14.7. The zero-order valence-corrected chi connectivity index (χ0v) is 14.7. The van der Waals surface area contributed by atoms with Crippen LogP contribution in [0.5, 0.6) is 0 Å². The summed E-state index contributed by atoms with van der Waals surface area (Å²) in [7, 11) is 0. The van der Waals surface area contributed by atoms with Gasteiger partial charge in [0.05, 0.1) is 25.3 Å². The Balaban J connectivity index is 1.52. The van der Waals surface area contributed by atoms with E-state index in [0.717, 1.165) is 35.3 Å². The Bertz CT molecular complexity index is 1010. The smallest absolute Gasteiger partial charge is 0.238 e. The van der Waals surface area contributed by atoms with E-state index >= 15 is 0 Å². The molecule has 136 valence electrons. The van der Waals surface area contributed by atoms with Crippen molar-refractivity contribution in [3.63, 3.8) is 0 Å². The van der Waals surface area contributed by atoms with Crippen molar-refractivity contribution in [2.75, 3.05) is 38.2 Å². The van der Waals surface area contributed by atoms with E-state index in [0.29, 0.717) is 31.0 Å². The number of anilines is 1. The van der Waals surface area contributed by atoms with E-state index in [1.807, 2.05) is 30.3 Å². The minimum absolute atomic E-state index is 0.0416. The number of nitrogens with one attached hydrogen (secondary N) is 2. The van der Waals surface area contributed by atoms with Crippen LogP contribution in [0.3, 0.4) is 0 Å². The van der Waals surface area contributed by atoms with Crippen LogP contribution in [0, 0.1) is 11.3 Å². The van der Waals surface area contributed by atoms with Gasteiger partial charge in [-0.3, -0.25) is 9.69 Å². The summed E-state index contributed by atoms with van der Waals surface area (Å²) in [6.45, 7) is 3.24. The molecule has 1 amide bonds. The number of aromatic amines is 1. The fourth-order valence-corrected chi connectivity index (χ4v) is 3.19. The number of carbonyl (C=O) groups excluding carboxylic acids is 1. The SMILES string of the molecule is N#Cc1c[nH]c2ncc(-c3cccc(NC(=O)CN4CCOCC4)c3)cc12. The third-order valence-corrected chi connectivity index (χ3v) is 4.60. The van der Waals surface area contributed by atoms with Gasteiger partial charge in [0, 0.05) is 42.1 Å². The summed E-state index contributed by atoms with van der Waals surface area (Å²) in [6.07, 6.45) is 3.42. The van der Waals surface area contributed by atoms with Crippen LogP contribution in [0.2, 0.25) is 0 Å². The maximum Gasteiger partial charge on any atom is 0.238 e. The molecule has 1 aromatic carbocycles. The third-order valence-electron chi connectivity index (χ3n) is 4.60. The van der Waals surface area contributed by atoms with Gasteiger partial charge < -0.3 is 15.0 Å². The molecule has 27 heavy (non-hydrogen) atoms. The third kappa shape index (κ3) is 3.82. The number of fused-ring (bicyclic) bond motifs is 1. The highest BCUT2D eigenvalue weighted by molar-refractivity contribution is 5.93. The lowest BCUT2D eigenvalue weighted by molar-refractivity contribution is -0.118. The molecule has 0 atom stereocenters. The molecule has 0 aliphatic carbocycles. The first-order valence-electron chi connectivity index (χ1n) is 8.80. The zero-order chi connectivity index (χ0) is 18.6. The molecule has 7 heteroatoms. The van der Waals surface area contributed by atoms with Crippen molar-refractivity contribution in [1.82, 2.24) is 14.9 Å². The molecule has 0 spiro atoms. The van der Waals surface area contributed by atoms with Crippen LogP contribution in [0.4, 0.5) is 5.69 Å². The number of carbonyl (C=O) groups is 1. The Labute approximate surface area is 156 Å². The van der Waals surface area contributed by atoms with Crippen molar-refractivity contribution in [1.29, 1.82) is 5.26 Å². The molecular weight excluding hydrogens is 342 g/mol. The first kappa shape index (κ1) is 17.2. The van der Waals surface area contributed by atoms with Gasteiger partial charge in [0.25, 0.3) is 0 Å². The quantitative estimate of drug-likeness (QED) is 0.744. The van der Waals surface area contributed by atoms with Crippen molar-refractivity contribution >= 4 is 22.6 Å². The van der Waals surface area contributed by atoms with E-state index < -0.39 is 0 Å². The number of morpholine rings is 1. The average molecular weight is 361 g/mol. The summed E-state index contributed by atoms with van der Waals surface area (Å²) in [5.41, 5.74) is 3.81. The van der Waals surface area contributed by atoms with E-state index in [4.69, 9.17) is 4.74 Å². The maximum atomic E-state index is 12.3. The number of H-pyrrole nitrogens is 1. The van der Waals surface area contributed by atoms with E-state index in [1.165, 1.54) is 0 Å². The van der Waals surface area contributed by atoms with Gasteiger partial charge in [-0.05, 0) is 23.8 Å². The number of aromatic nitrogens is 2. The van der Waals surface area contributed by atoms with Gasteiger partial charge in [-0.1, -0.05) is 12.1 Å². The number of hydrogen-bond donors (Lipinski definition) is 2. The number of nitrogens with zero attached hydrogens (tertiary/aromatic N) is 3. The molecule has 1 aliphatic rings. The molecule has 1 aliphatic heterocycles. The number of rotatable bonds is 4. The molecule has 2 N–H and O–H groups in total. The van der Waals surface area contributed by atoms with Crippen LogP contribution in [-0.2, 0) is 9.53 Å². The number of pyridine rings is 1. The number of hydrogen-bond acceptors (Lipinski definition) is 5. The van der Waals surface area contributed by atoms with Crippen molar-refractivity contribution < 1.29 is 9.53 Å². The molecule has 1 saturated heterocycles. The Hall–Kier alpha value is -3.21. The van der Waals surface area contributed by atoms with Crippen molar-refractivity contribution in [2.45, 2.75) is 0 Å². The molecule has 0 saturated carbocycles. The van der Waals surface area contributed by atoms with E-state index in [9.17, 15) is 10.1 Å². The number of ether oxygens (including phenoxy) is 1. The van der Waals surface area contributed by atoms with Crippen LogP contribution in [-0.4, -0.2) is 53.6 Å². The van der Waals surface area contributed by atoms with E-state index in [-0.39, 0.29) is 5.91 Å². The van der Waals surface area contributed by atoms with Crippen LogP contribution >= 0.6 is 0 Å². The summed E-state index contributed by atoms with van der Waals surface area (Å²) in [6, 6.07) is 11.7. The van der Waals surface area contributed by atoms with E-state index in [2.05, 4.69) is 26.3 Å². The molecule has 1 fully saturated rings. The monoisotopic (exact) mass is 361 g/mol. The number of benzene rings is 1.